The number of rotatable bonds is 11. The molecule has 1 saturated heterocycles. The highest BCUT2D eigenvalue weighted by molar-refractivity contribution is 5.89. The van der Waals surface area contributed by atoms with Crippen LogP contribution in [0.1, 0.15) is 39.9 Å². The molecular formula is C36H37F2N3O3. The van der Waals surface area contributed by atoms with Crippen molar-refractivity contribution in [1.29, 1.82) is 0 Å². The molecule has 4 aromatic carbocycles. The Balaban J connectivity index is 1.26. The van der Waals surface area contributed by atoms with Gasteiger partial charge in [0.15, 0.2) is 5.82 Å². The summed E-state index contributed by atoms with van der Waals surface area (Å²) in [7, 11) is 0. The molecule has 44 heavy (non-hydrogen) atoms. The summed E-state index contributed by atoms with van der Waals surface area (Å²) in [5.41, 5.74) is 5.18. The number of aliphatic hydroxyl groups is 1. The average molecular weight is 598 g/mol. The second kappa shape index (κ2) is 13.9. The third-order valence-corrected chi connectivity index (χ3v) is 8.44. The van der Waals surface area contributed by atoms with Crippen molar-refractivity contribution in [3.63, 3.8) is 0 Å². The number of nitrogens with one attached hydrogen (secondary N) is 1. The third-order valence-electron chi connectivity index (χ3n) is 8.44. The van der Waals surface area contributed by atoms with Crippen LogP contribution in [0, 0.1) is 24.5 Å². The van der Waals surface area contributed by atoms with Gasteiger partial charge in [0.2, 0.25) is 0 Å². The number of aryl methyl sites for hydroxylation is 1. The second-order valence-corrected chi connectivity index (χ2v) is 11.4. The maximum atomic E-state index is 15.6. The van der Waals surface area contributed by atoms with Crippen molar-refractivity contribution in [2.75, 3.05) is 31.6 Å². The number of hydrogen-bond acceptors (Lipinski definition) is 5. The Hall–Kier alpha value is -4.40. The summed E-state index contributed by atoms with van der Waals surface area (Å²) in [6.45, 7) is 8.67. The molecule has 0 radical (unpaired) electrons. The number of aliphatic imine (C=N–C) groups is 1. The van der Waals surface area contributed by atoms with E-state index in [1.165, 1.54) is 11.6 Å². The van der Waals surface area contributed by atoms with Crippen molar-refractivity contribution in [3.05, 3.63) is 107 Å². The molecule has 8 heteroatoms. The molecule has 0 bridgehead atoms. The molecule has 0 atom stereocenters. The summed E-state index contributed by atoms with van der Waals surface area (Å²) >= 11 is 0. The molecule has 0 unspecified atom stereocenters. The van der Waals surface area contributed by atoms with Gasteiger partial charge in [0, 0.05) is 25.8 Å². The largest absolute Gasteiger partial charge is 0.478 e. The van der Waals surface area contributed by atoms with Crippen LogP contribution in [0.15, 0.2) is 77.8 Å². The molecule has 1 heterocycles. The number of aliphatic hydroxyl groups excluding tert-OH is 1. The Morgan fingerprint density at radius 3 is 2.18 bits per heavy atom. The van der Waals surface area contributed by atoms with Crippen LogP contribution in [0.3, 0.4) is 0 Å². The number of hydrogen-bond donors (Lipinski definition) is 3. The van der Waals surface area contributed by atoms with Crippen molar-refractivity contribution in [3.8, 4) is 22.3 Å². The molecular weight excluding hydrogens is 560 g/mol. The van der Waals surface area contributed by atoms with Crippen molar-refractivity contribution in [2.45, 2.75) is 32.7 Å². The Labute approximate surface area is 256 Å². The third kappa shape index (κ3) is 7.04. The maximum Gasteiger partial charge on any atom is 0.335 e. The lowest BCUT2D eigenvalue weighted by Crippen LogP contribution is -2.34. The first kappa shape index (κ1) is 31.0. The highest BCUT2D eigenvalue weighted by atomic mass is 19.1. The van der Waals surface area contributed by atoms with Gasteiger partial charge in [0.25, 0.3) is 0 Å². The Bertz CT molecular complexity index is 1630. The normalized spacial score (nSPS) is 14.0. The predicted octanol–water partition coefficient (Wildman–Crippen LogP) is 7.50. The Kier molecular flexibility index (Phi) is 9.82. The highest BCUT2D eigenvalue weighted by Gasteiger charge is 2.21. The van der Waals surface area contributed by atoms with Crippen molar-refractivity contribution in [1.82, 2.24) is 4.90 Å². The van der Waals surface area contributed by atoms with Gasteiger partial charge in [0.05, 0.1) is 16.8 Å². The number of anilines is 1. The van der Waals surface area contributed by atoms with Gasteiger partial charge in [-0.3, -0.25) is 9.89 Å². The number of piperidine rings is 1. The second-order valence-electron chi connectivity index (χ2n) is 11.4. The van der Waals surface area contributed by atoms with Crippen LogP contribution in [0.2, 0.25) is 0 Å². The van der Waals surface area contributed by atoms with Crippen LogP contribution >= 0.6 is 0 Å². The van der Waals surface area contributed by atoms with Crippen LogP contribution in [0.4, 0.5) is 20.2 Å². The van der Waals surface area contributed by atoms with Crippen LogP contribution in [0.5, 0.6) is 0 Å². The standard InChI is InChI=1S/C36H37F2N3O3/c1-23-3-4-24(19-30(23)36(43)44)13-16-40-32-20-31(37)33(34(38)35(32)39-2)29-11-9-28(10-12-29)27-7-5-25(6-8-27)21-41-17-14-26(22-42)15-18-41/h3-12,19-20,26,40,42H,2,13-18,21-22H2,1H3,(H,43,44). The minimum atomic E-state index is -0.997. The molecule has 1 aliphatic heterocycles. The predicted molar refractivity (Wildman–Crippen MR) is 172 cm³/mol. The lowest BCUT2D eigenvalue weighted by atomic mass is 9.97. The minimum absolute atomic E-state index is 0.0724. The summed E-state index contributed by atoms with van der Waals surface area (Å²) in [4.78, 5) is 17.7. The lowest BCUT2D eigenvalue weighted by molar-refractivity contribution is 0.0696. The first-order valence-corrected chi connectivity index (χ1v) is 14.9. The Morgan fingerprint density at radius 1 is 0.955 bits per heavy atom. The number of carbonyl (C=O) groups is 1. The molecule has 5 rings (SSSR count). The number of likely N-dealkylation sites (tertiary alicyclic amines) is 1. The fraction of sp³-hybridized carbons (Fsp3) is 0.278. The average Bonchev–Trinajstić information content (AvgIpc) is 3.03. The fourth-order valence-electron chi connectivity index (χ4n) is 5.78. The van der Waals surface area contributed by atoms with Gasteiger partial charge >= 0.3 is 5.97 Å². The number of halogens is 2. The van der Waals surface area contributed by atoms with Gasteiger partial charge in [-0.25, -0.2) is 13.6 Å². The van der Waals surface area contributed by atoms with E-state index in [9.17, 15) is 15.0 Å². The molecule has 0 saturated carbocycles. The summed E-state index contributed by atoms with van der Waals surface area (Å²) < 4.78 is 31.0. The van der Waals surface area contributed by atoms with E-state index in [2.05, 4.69) is 46.2 Å². The zero-order chi connectivity index (χ0) is 31.2. The van der Waals surface area contributed by atoms with Gasteiger partial charge in [-0.15, -0.1) is 0 Å². The van der Waals surface area contributed by atoms with Crippen LogP contribution < -0.4 is 5.32 Å². The molecule has 4 aromatic rings. The lowest BCUT2D eigenvalue weighted by Gasteiger charge is -2.31. The molecule has 3 N–H and O–H groups in total. The quantitative estimate of drug-likeness (QED) is 0.156. The van der Waals surface area contributed by atoms with Crippen molar-refractivity contribution >= 4 is 24.1 Å². The summed E-state index contributed by atoms with van der Waals surface area (Å²) in [5, 5.41) is 21.7. The van der Waals surface area contributed by atoms with E-state index in [-0.39, 0.29) is 29.1 Å². The van der Waals surface area contributed by atoms with Gasteiger partial charge in [-0.05, 0) is 91.4 Å². The van der Waals surface area contributed by atoms with Gasteiger partial charge in [-0.2, -0.15) is 0 Å². The first-order valence-electron chi connectivity index (χ1n) is 14.9. The van der Waals surface area contributed by atoms with E-state index in [4.69, 9.17) is 0 Å². The molecule has 0 amide bonds. The van der Waals surface area contributed by atoms with Gasteiger partial charge in [-0.1, -0.05) is 60.7 Å². The molecule has 1 aliphatic rings. The SMILES string of the molecule is C=Nc1c(NCCc2ccc(C)c(C(=O)O)c2)cc(F)c(-c2ccc(-c3ccc(CN4CCC(CO)CC4)cc3)cc2)c1F. The van der Waals surface area contributed by atoms with Gasteiger partial charge < -0.3 is 15.5 Å². The molecule has 6 nitrogen and oxygen atoms in total. The van der Waals surface area contributed by atoms with E-state index < -0.39 is 17.6 Å². The Morgan fingerprint density at radius 2 is 1.57 bits per heavy atom. The van der Waals surface area contributed by atoms with Gasteiger partial charge in [0.1, 0.15) is 11.5 Å². The molecule has 0 aromatic heterocycles. The topological polar surface area (TPSA) is 85.2 Å². The van der Waals surface area contributed by atoms with E-state index >= 15 is 8.78 Å². The smallest absolute Gasteiger partial charge is 0.335 e. The van der Waals surface area contributed by atoms with E-state index in [0.29, 0.717) is 30.0 Å². The van der Waals surface area contributed by atoms with Crippen molar-refractivity contribution in [2.24, 2.45) is 10.9 Å². The molecule has 0 spiro atoms. The van der Waals surface area contributed by atoms with Crippen LogP contribution in [-0.4, -0.2) is 54.0 Å². The number of benzene rings is 4. The maximum absolute atomic E-state index is 15.6. The minimum Gasteiger partial charge on any atom is -0.478 e. The number of carboxylic acids is 1. The zero-order valence-electron chi connectivity index (χ0n) is 24.8. The summed E-state index contributed by atoms with van der Waals surface area (Å²) in [5.74, 6) is -2.10. The number of nitrogens with zero attached hydrogens (tertiary/aromatic N) is 2. The van der Waals surface area contributed by atoms with E-state index in [1.54, 1.807) is 31.2 Å². The summed E-state index contributed by atoms with van der Waals surface area (Å²) in [6, 6.07) is 21.9. The van der Waals surface area contributed by atoms with Crippen molar-refractivity contribution < 1.29 is 23.8 Å². The highest BCUT2D eigenvalue weighted by Crippen LogP contribution is 2.38. The number of aromatic carboxylic acids is 1. The zero-order valence-corrected chi connectivity index (χ0v) is 24.8. The van der Waals surface area contributed by atoms with E-state index in [0.717, 1.165) is 49.2 Å². The van der Waals surface area contributed by atoms with E-state index in [1.807, 2.05) is 18.2 Å². The fourth-order valence-corrected chi connectivity index (χ4v) is 5.78. The van der Waals surface area contributed by atoms with Crippen LogP contribution in [0.25, 0.3) is 22.3 Å². The molecule has 228 valence electrons. The first-order chi connectivity index (χ1) is 21.3. The monoisotopic (exact) mass is 597 g/mol. The number of carboxylic acid groups (broad SMARTS) is 1. The molecule has 0 aliphatic carbocycles. The van der Waals surface area contributed by atoms with Crippen LogP contribution in [-0.2, 0) is 13.0 Å². The summed E-state index contributed by atoms with van der Waals surface area (Å²) in [6.07, 6.45) is 2.50. The molecule has 1 fully saturated rings.